The summed E-state index contributed by atoms with van der Waals surface area (Å²) in [4.78, 5) is 19.6. The summed E-state index contributed by atoms with van der Waals surface area (Å²) in [5.74, 6) is 0.0276. The molecule has 0 amide bonds. The van der Waals surface area contributed by atoms with Crippen molar-refractivity contribution in [2.45, 2.75) is 43.9 Å². The molecule has 2 N–H and O–H groups in total. The Labute approximate surface area is 151 Å². The fourth-order valence-electron chi connectivity index (χ4n) is 4.34. The Balaban J connectivity index is 2.10. The molecule has 3 atom stereocenters. The van der Waals surface area contributed by atoms with Crippen molar-refractivity contribution in [2.75, 3.05) is 0 Å². The Morgan fingerprint density at radius 2 is 1.52 bits per heavy atom. The minimum absolute atomic E-state index is 0.0276. The maximum absolute atomic E-state index is 12.0. The minimum Gasteiger partial charge on any atom is -0.324 e. The third kappa shape index (κ3) is 3.76. The van der Waals surface area contributed by atoms with Gasteiger partial charge in [0.1, 0.15) is 0 Å². The van der Waals surface area contributed by atoms with E-state index in [9.17, 15) is 14.4 Å². The average molecular weight is 376 g/mol. The lowest BCUT2D eigenvalue weighted by Crippen LogP contribution is -2.40. The SMILES string of the molecule is C[C@H]([C@@H]1CCCC1(C)P(c1ccccc1)c1ccccc1)P(=O)(O)O. The van der Waals surface area contributed by atoms with E-state index in [0.29, 0.717) is 0 Å². The van der Waals surface area contributed by atoms with Crippen molar-refractivity contribution in [2.24, 2.45) is 5.92 Å². The molecule has 5 heteroatoms. The normalized spacial score (nSPS) is 25.2. The van der Waals surface area contributed by atoms with Gasteiger partial charge in [-0.1, -0.05) is 80.9 Å². The van der Waals surface area contributed by atoms with Crippen LogP contribution < -0.4 is 10.6 Å². The van der Waals surface area contributed by atoms with Crippen LogP contribution in [0.4, 0.5) is 0 Å². The number of benzene rings is 2. The summed E-state index contributed by atoms with van der Waals surface area (Å²) in [6, 6.07) is 21.0. The topological polar surface area (TPSA) is 57.5 Å². The van der Waals surface area contributed by atoms with E-state index in [1.54, 1.807) is 6.92 Å². The van der Waals surface area contributed by atoms with Crippen LogP contribution in [-0.2, 0) is 4.57 Å². The Hall–Kier alpha value is -0.980. The zero-order valence-electron chi connectivity index (χ0n) is 14.7. The molecule has 3 rings (SSSR count). The lowest BCUT2D eigenvalue weighted by molar-refractivity contribution is 0.325. The number of hydrogen-bond acceptors (Lipinski definition) is 1. The van der Waals surface area contributed by atoms with E-state index in [4.69, 9.17) is 0 Å². The van der Waals surface area contributed by atoms with Gasteiger partial charge in [-0.05, 0) is 42.4 Å². The minimum atomic E-state index is -4.10. The molecule has 0 spiro atoms. The van der Waals surface area contributed by atoms with Crippen molar-refractivity contribution in [3.05, 3.63) is 60.7 Å². The lowest BCUT2D eigenvalue weighted by Gasteiger charge is -2.43. The van der Waals surface area contributed by atoms with E-state index in [0.717, 1.165) is 19.3 Å². The molecule has 1 fully saturated rings. The molecular formula is C20H26O3P2. The molecule has 134 valence electrons. The highest BCUT2D eigenvalue weighted by Gasteiger charge is 2.51. The van der Waals surface area contributed by atoms with Gasteiger partial charge < -0.3 is 9.79 Å². The molecule has 3 nitrogen and oxygen atoms in total. The van der Waals surface area contributed by atoms with Crippen LogP contribution in [0.5, 0.6) is 0 Å². The summed E-state index contributed by atoms with van der Waals surface area (Å²) in [5, 5.41) is 2.46. The molecular weight excluding hydrogens is 350 g/mol. The van der Waals surface area contributed by atoms with Gasteiger partial charge in [0, 0.05) is 0 Å². The molecule has 1 aliphatic rings. The van der Waals surface area contributed by atoms with Gasteiger partial charge in [-0.15, -0.1) is 0 Å². The Kier molecular flexibility index (Phi) is 5.51. The van der Waals surface area contributed by atoms with Crippen molar-refractivity contribution in [1.82, 2.24) is 0 Å². The Morgan fingerprint density at radius 1 is 1.04 bits per heavy atom. The maximum Gasteiger partial charge on any atom is 0.328 e. The van der Waals surface area contributed by atoms with Gasteiger partial charge in [0.2, 0.25) is 0 Å². The second-order valence-electron chi connectivity index (χ2n) is 7.19. The summed E-state index contributed by atoms with van der Waals surface area (Å²) >= 11 is 0. The first-order valence-corrected chi connectivity index (χ1v) is 11.8. The van der Waals surface area contributed by atoms with Crippen molar-refractivity contribution in [1.29, 1.82) is 0 Å². The van der Waals surface area contributed by atoms with E-state index in [2.05, 4.69) is 55.5 Å². The van der Waals surface area contributed by atoms with Gasteiger partial charge >= 0.3 is 7.60 Å². The van der Waals surface area contributed by atoms with Crippen molar-refractivity contribution >= 4 is 26.1 Å². The predicted octanol–water partition coefficient (Wildman–Crippen LogP) is 4.24. The zero-order chi connectivity index (χ0) is 18.1. The second kappa shape index (κ2) is 7.33. The van der Waals surface area contributed by atoms with Gasteiger partial charge in [0.05, 0.1) is 5.66 Å². The van der Waals surface area contributed by atoms with Gasteiger partial charge in [0.15, 0.2) is 0 Å². The molecule has 0 bridgehead atoms. The predicted molar refractivity (Wildman–Crippen MR) is 106 cm³/mol. The number of hydrogen-bond donors (Lipinski definition) is 2. The Morgan fingerprint density at radius 3 is 1.96 bits per heavy atom. The van der Waals surface area contributed by atoms with Gasteiger partial charge in [-0.25, -0.2) is 0 Å². The molecule has 1 saturated carbocycles. The second-order valence-corrected chi connectivity index (χ2v) is 11.9. The highest BCUT2D eigenvalue weighted by Crippen LogP contribution is 2.63. The summed E-state index contributed by atoms with van der Waals surface area (Å²) < 4.78 is 12.0. The lowest BCUT2D eigenvalue weighted by atomic mass is 9.94. The van der Waals surface area contributed by atoms with E-state index >= 15 is 0 Å². The largest absolute Gasteiger partial charge is 0.328 e. The fourth-order valence-corrected chi connectivity index (χ4v) is 8.89. The molecule has 0 aromatic heterocycles. The van der Waals surface area contributed by atoms with Crippen molar-refractivity contribution < 1.29 is 14.4 Å². The monoisotopic (exact) mass is 376 g/mol. The molecule has 0 radical (unpaired) electrons. The fraction of sp³-hybridized carbons (Fsp3) is 0.400. The third-order valence-electron chi connectivity index (χ3n) is 5.65. The highest BCUT2D eigenvalue weighted by atomic mass is 31.2. The molecule has 1 unspecified atom stereocenters. The van der Waals surface area contributed by atoms with Gasteiger partial charge in [-0.2, -0.15) is 0 Å². The molecule has 2 aromatic carbocycles. The standard InChI is InChI=1S/C20H26O3P2/c1-16(25(21,22)23)19-14-9-15-20(19,2)24(17-10-5-3-6-11-17)18-12-7-4-8-13-18/h3-8,10-13,16,19H,9,14-15H2,1-2H3,(H2,21,22,23)/t16-,19+,20?/m1/s1. The van der Waals surface area contributed by atoms with Crippen LogP contribution in [0.3, 0.4) is 0 Å². The maximum atomic E-state index is 12.0. The van der Waals surface area contributed by atoms with E-state index in [-0.39, 0.29) is 11.1 Å². The van der Waals surface area contributed by atoms with E-state index < -0.39 is 21.2 Å². The van der Waals surface area contributed by atoms with Crippen LogP contribution in [0.2, 0.25) is 0 Å². The average Bonchev–Trinajstić information content (AvgIpc) is 2.97. The number of rotatable bonds is 5. The smallest absolute Gasteiger partial charge is 0.324 e. The first-order chi connectivity index (χ1) is 11.8. The van der Waals surface area contributed by atoms with Crippen LogP contribution >= 0.6 is 15.5 Å². The van der Waals surface area contributed by atoms with Crippen LogP contribution in [0.1, 0.15) is 33.1 Å². The Bertz CT molecular complexity index is 705. The summed E-state index contributed by atoms with van der Waals surface area (Å²) in [6.45, 7) is 3.99. The van der Waals surface area contributed by atoms with Crippen LogP contribution in [0.15, 0.2) is 60.7 Å². The van der Waals surface area contributed by atoms with E-state index in [1.165, 1.54) is 10.6 Å². The molecule has 25 heavy (non-hydrogen) atoms. The molecule has 2 aromatic rings. The highest BCUT2D eigenvalue weighted by molar-refractivity contribution is 7.74. The van der Waals surface area contributed by atoms with Gasteiger partial charge in [0.25, 0.3) is 0 Å². The van der Waals surface area contributed by atoms with Gasteiger partial charge in [-0.3, -0.25) is 4.57 Å². The molecule has 1 aliphatic carbocycles. The summed E-state index contributed by atoms with van der Waals surface area (Å²) in [7, 11) is -4.79. The zero-order valence-corrected chi connectivity index (χ0v) is 16.5. The quantitative estimate of drug-likeness (QED) is 0.768. The van der Waals surface area contributed by atoms with Crippen molar-refractivity contribution in [3.63, 3.8) is 0 Å². The third-order valence-corrected chi connectivity index (χ3v) is 10.3. The van der Waals surface area contributed by atoms with Crippen LogP contribution in [-0.4, -0.2) is 20.6 Å². The van der Waals surface area contributed by atoms with Crippen LogP contribution in [0, 0.1) is 5.92 Å². The molecule has 0 saturated heterocycles. The van der Waals surface area contributed by atoms with E-state index in [1.807, 2.05) is 12.1 Å². The summed E-state index contributed by atoms with van der Waals surface area (Å²) in [5.41, 5.74) is -0.600. The van der Waals surface area contributed by atoms with Crippen molar-refractivity contribution in [3.8, 4) is 0 Å². The van der Waals surface area contributed by atoms with Crippen LogP contribution in [0.25, 0.3) is 0 Å². The first-order valence-electron chi connectivity index (χ1n) is 8.79. The first kappa shape index (κ1) is 18.8. The summed E-state index contributed by atoms with van der Waals surface area (Å²) in [6.07, 6.45) is 2.93. The molecule has 0 heterocycles. The molecule has 0 aliphatic heterocycles.